The second kappa shape index (κ2) is 10.5. The van der Waals surface area contributed by atoms with Crippen molar-refractivity contribution in [2.75, 3.05) is 24.2 Å². The van der Waals surface area contributed by atoms with Gasteiger partial charge in [-0.1, -0.05) is 36.0 Å². The van der Waals surface area contributed by atoms with E-state index in [4.69, 9.17) is 17.1 Å². The molecule has 2 heterocycles. The summed E-state index contributed by atoms with van der Waals surface area (Å²) in [5.74, 6) is -2.77. The Labute approximate surface area is 224 Å². The number of rotatable bonds is 10. The number of thioether (sulfide) groups is 1. The predicted octanol–water partition coefficient (Wildman–Crippen LogP) is 2.18. The van der Waals surface area contributed by atoms with E-state index in [0.717, 1.165) is 17.7 Å². The molecule has 5 rings (SSSR count). The van der Waals surface area contributed by atoms with Gasteiger partial charge in [-0.15, -0.1) is 5.10 Å². The van der Waals surface area contributed by atoms with Crippen LogP contribution in [0.15, 0.2) is 23.4 Å². The molecular formula is C24H31FN6O4S. The van der Waals surface area contributed by atoms with Crippen LogP contribution in [-0.2, 0) is 4.74 Å². The molecule has 0 amide bonds. The number of halogens is 1. The number of hydrogen-bond donors (Lipinski definition) is 4. The fourth-order valence-corrected chi connectivity index (χ4v) is 4.63. The van der Waals surface area contributed by atoms with E-state index >= 15 is 0 Å². The van der Waals surface area contributed by atoms with Crippen LogP contribution < -0.4 is 5.32 Å². The lowest BCUT2D eigenvalue weighted by molar-refractivity contribution is -0.0629. The molecule has 3 aromatic rings. The first-order chi connectivity index (χ1) is 20.6. The van der Waals surface area contributed by atoms with Crippen LogP contribution in [0.2, 0.25) is 0 Å². The van der Waals surface area contributed by atoms with E-state index < -0.39 is 73.7 Å². The Bertz CT molecular complexity index is 1610. The minimum atomic E-state index is -2.70. The number of ether oxygens (including phenoxy) is 1. The van der Waals surface area contributed by atoms with Gasteiger partial charge >= 0.3 is 0 Å². The van der Waals surface area contributed by atoms with E-state index in [1.807, 2.05) is 0 Å². The SMILES string of the molecule is [2H]C([2H])(O)CO[C@H]1C[C@@H](n2nnc3c(N[C@@H]4C([2H])([2H])[C@@]4([2H])c4ccc(C)c(F)c4)nc(SC([2H])([2H])C([2H])([2H])C)nc32)[C@H](O)[C@@H]1O. The van der Waals surface area contributed by atoms with Gasteiger partial charge in [0.15, 0.2) is 22.1 Å². The van der Waals surface area contributed by atoms with Gasteiger partial charge in [0.1, 0.15) is 18.0 Å². The Kier molecular flexibility index (Phi) is 4.82. The van der Waals surface area contributed by atoms with Gasteiger partial charge in [0, 0.05) is 33.7 Å². The fraction of sp³-hybridized carbons (Fsp3) is 0.583. The first-order valence-electron chi connectivity index (χ1n) is 15.6. The van der Waals surface area contributed by atoms with Crippen molar-refractivity contribution in [3.8, 4) is 0 Å². The van der Waals surface area contributed by atoms with E-state index in [1.165, 1.54) is 19.1 Å². The van der Waals surface area contributed by atoms with Gasteiger partial charge in [0.2, 0.25) is 0 Å². The molecule has 2 saturated carbocycles. The summed E-state index contributed by atoms with van der Waals surface area (Å²) in [6.45, 7) is -0.927. The molecule has 12 heteroatoms. The Balaban J connectivity index is 1.55. The monoisotopic (exact) mass is 527 g/mol. The fourth-order valence-electron chi connectivity index (χ4n) is 4.17. The summed E-state index contributed by atoms with van der Waals surface area (Å²) < 4.78 is 93.5. The number of hydrogen-bond acceptors (Lipinski definition) is 10. The van der Waals surface area contributed by atoms with Crippen LogP contribution in [-0.4, -0.2) is 83.5 Å². The summed E-state index contributed by atoms with van der Waals surface area (Å²) in [6, 6.07) is 1.60. The van der Waals surface area contributed by atoms with E-state index in [-0.39, 0.29) is 34.1 Å². The van der Waals surface area contributed by atoms with Crippen LogP contribution in [0, 0.1) is 12.7 Å². The normalized spacial score (nSPS) is 35.9. The Morgan fingerprint density at radius 1 is 1.36 bits per heavy atom. The topological polar surface area (TPSA) is 138 Å². The van der Waals surface area contributed by atoms with Crippen LogP contribution in [0.5, 0.6) is 0 Å². The van der Waals surface area contributed by atoms with Crippen LogP contribution >= 0.6 is 11.8 Å². The lowest BCUT2D eigenvalue weighted by atomic mass is 10.1. The minimum Gasteiger partial charge on any atom is -0.394 e. The molecule has 2 fully saturated rings. The maximum atomic E-state index is 14.4. The molecule has 2 aromatic heterocycles. The third-order valence-corrected chi connectivity index (χ3v) is 6.76. The highest BCUT2D eigenvalue weighted by molar-refractivity contribution is 7.99. The number of benzene rings is 1. The van der Waals surface area contributed by atoms with Crippen molar-refractivity contribution in [1.82, 2.24) is 25.0 Å². The molecular weight excluding hydrogens is 487 g/mol. The Morgan fingerprint density at radius 2 is 2.19 bits per heavy atom. The average Bonchev–Trinajstić information content (AvgIpc) is 3.22. The molecule has 10 nitrogen and oxygen atoms in total. The van der Waals surface area contributed by atoms with Gasteiger partial charge in [-0.25, -0.2) is 19.0 Å². The molecule has 194 valence electrons. The zero-order chi connectivity index (χ0) is 33.5. The molecule has 0 bridgehead atoms. The molecule has 4 N–H and O–H groups in total. The summed E-state index contributed by atoms with van der Waals surface area (Å²) in [5, 5.41) is 41.4. The highest BCUT2D eigenvalue weighted by atomic mass is 32.2. The van der Waals surface area contributed by atoms with Gasteiger partial charge in [-0.05, 0) is 36.9 Å². The second-order valence-corrected chi connectivity index (χ2v) is 9.18. The number of nitrogens with zero attached hydrogens (tertiary/aromatic N) is 5. The molecule has 0 spiro atoms. The quantitative estimate of drug-likeness (QED) is 0.229. The van der Waals surface area contributed by atoms with Gasteiger partial charge < -0.3 is 25.4 Å². The number of aliphatic hydroxyl groups is 3. The highest BCUT2D eigenvalue weighted by Gasteiger charge is 2.45. The zero-order valence-corrected chi connectivity index (χ0v) is 20.1. The average molecular weight is 528 g/mol. The molecule has 0 unspecified atom stereocenters. The molecule has 1 aromatic carbocycles. The number of aryl methyl sites for hydroxylation is 1. The molecule has 0 radical (unpaired) electrons. The largest absolute Gasteiger partial charge is 0.394 e. The summed E-state index contributed by atoms with van der Waals surface area (Å²) >= 11 is 0.327. The number of aromatic nitrogens is 5. The summed E-state index contributed by atoms with van der Waals surface area (Å²) in [5.41, 5.74) is -2.38. The van der Waals surface area contributed by atoms with Crippen molar-refractivity contribution >= 4 is 28.7 Å². The minimum absolute atomic E-state index is 0.0635. The maximum absolute atomic E-state index is 14.4. The van der Waals surface area contributed by atoms with Crippen molar-refractivity contribution in [3.05, 3.63) is 35.1 Å². The lowest BCUT2D eigenvalue weighted by Crippen LogP contribution is -2.33. The molecule has 2 aliphatic carbocycles. The number of fused-ring (bicyclic) bond motifs is 1. The van der Waals surface area contributed by atoms with Crippen LogP contribution in [0.3, 0.4) is 0 Å². The summed E-state index contributed by atoms with van der Waals surface area (Å²) in [6.07, 6.45) is -8.92. The number of nitrogens with one attached hydrogen (secondary N) is 1. The zero-order valence-electron chi connectivity index (χ0n) is 28.3. The first kappa shape index (κ1) is 16.5. The molecule has 36 heavy (non-hydrogen) atoms. The van der Waals surface area contributed by atoms with Gasteiger partial charge in [0.05, 0.1) is 28.1 Å². The number of aliphatic hydroxyl groups excluding tert-OH is 2. The smallest absolute Gasteiger partial charge is 0.191 e. The van der Waals surface area contributed by atoms with E-state index in [9.17, 15) is 19.7 Å². The van der Waals surface area contributed by atoms with Crippen LogP contribution in [0.1, 0.15) is 61.5 Å². The Morgan fingerprint density at radius 3 is 2.94 bits per heavy atom. The highest BCUT2D eigenvalue weighted by Crippen LogP contribution is 2.44. The van der Waals surface area contributed by atoms with Crippen molar-refractivity contribution < 1.29 is 36.8 Å². The maximum Gasteiger partial charge on any atom is 0.191 e. The molecule has 6 atom stereocenters. The van der Waals surface area contributed by atoms with E-state index in [0.29, 0.717) is 17.3 Å². The predicted molar refractivity (Wildman–Crippen MR) is 133 cm³/mol. The molecule has 0 saturated heterocycles. The molecule has 2 aliphatic rings. The lowest BCUT2D eigenvalue weighted by Gasteiger charge is -2.17. The summed E-state index contributed by atoms with van der Waals surface area (Å²) in [4.78, 5) is 8.58. The van der Waals surface area contributed by atoms with E-state index in [2.05, 4.69) is 25.6 Å². The van der Waals surface area contributed by atoms with Gasteiger partial charge in [0.25, 0.3) is 0 Å². The first-order valence-corrected chi connectivity index (χ1v) is 12.0. The Hall–Kier alpha value is -2.38. The van der Waals surface area contributed by atoms with Crippen molar-refractivity contribution in [1.29, 1.82) is 0 Å². The van der Waals surface area contributed by atoms with Gasteiger partial charge in [-0.3, -0.25) is 0 Å². The van der Waals surface area contributed by atoms with Crippen LogP contribution in [0.25, 0.3) is 11.2 Å². The third-order valence-electron chi connectivity index (χ3n) is 6.09. The summed E-state index contributed by atoms with van der Waals surface area (Å²) in [7, 11) is 0. The standard InChI is InChI=1S/C24H31FN6O4S/c1-3-8-36-24-27-22(26-16-10-14(16)13-5-4-12(2)15(25)9-13)19-23(28-24)31(30-29-19)17-11-18(35-7-6-32)21(34)20(17)33/h4-5,9,14,16-18,20-21,32-34H,3,6-8,10-11H2,1-2H3,(H,26,27,28)/t14-,16+,17+,18-,20-,21+/m0/s1/i3D2,6D2,8D2,10D2,14D. The van der Waals surface area contributed by atoms with E-state index in [1.54, 1.807) is 0 Å². The van der Waals surface area contributed by atoms with Crippen molar-refractivity contribution in [3.63, 3.8) is 0 Å². The second-order valence-electron chi connectivity index (χ2n) is 8.41. The number of anilines is 1. The van der Waals surface area contributed by atoms with Gasteiger partial charge in [-0.2, -0.15) is 0 Å². The third kappa shape index (κ3) is 4.92. The van der Waals surface area contributed by atoms with Crippen LogP contribution in [0.4, 0.5) is 10.2 Å². The van der Waals surface area contributed by atoms with Crippen molar-refractivity contribution in [2.45, 2.75) is 74.5 Å². The molecule has 0 aliphatic heterocycles. The van der Waals surface area contributed by atoms with Crippen molar-refractivity contribution in [2.24, 2.45) is 0 Å².